The van der Waals surface area contributed by atoms with Crippen molar-refractivity contribution in [1.82, 2.24) is 0 Å². The topological polar surface area (TPSA) is 60.4 Å². The van der Waals surface area contributed by atoms with Crippen molar-refractivity contribution < 1.29 is 19.1 Å². The zero-order valence-corrected chi connectivity index (χ0v) is 8.03. The molecule has 0 aromatic carbocycles. The molecule has 5 heteroatoms. The molecule has 0 aliphatic heterocycles. The fraction of sp³-hybridized carbons (Fsp3) is 0.500. The molecule has 0 aromatic rings. The second-order valence-electron chi connectivity index (χ2n) is 1.67. The van der Waals surface area contributed by atoms with Gasteiger partial charge in [0.1, 0.15) is 6.29 Å². The normalized spacial score (nSPS) is 11.8. The Morgan fingerprint density at radius 3 is 2.45 bits per heavy atom. The first-order valence-electron chi connectivity index (χ1n) is 2.94. The van der Waals surface area contributed by atoms with Gasteiger partial charge in [0.05, 0.1) is 6.61 Å². The Kier molecular flexibility index (Phi) is 5.01. The molecule has 0 bridgehead atoms. The number of esters is 1. The lowest BCUT2D eigenvalue weighted by atomic mass is 10.2. The third-order valence-electron chi connectivity index (χ3n) is 0.921. The van der Waals surface area contributed by atoms with Gasteiger partial charge in [0.15, 0.2) is 5.92 Å². The molecule has 0 aliphatic rings. The van der Waals surface area contributed by atoms with Crippen LogP contribution in [0.5, 0.6) is 0 Å². The minimum atomic E-state index is -1.25. The van der Waals surface area contributed by atoms with Crippen molar-refractivity contribution in [2.45, 2.75) is 6.92 Å². The molecule has 62 valence electrons. The third-order valence-corrected chi connectivity index (χ3v) is 1.59. The highest BCUT2D eigenvalue weighted by Gasteiger charge is 2.24. The maximum atomic E-state index is 10.7. The summed E-state index contributed by atoms with van der Waals surface area (Å²) in [6, 6.07) is 0. The van der Waals surface area contributed by atoms with Gasteiger partial charge in [-0.1, -0.05) is 0 Å². The van der Waals surface area contributed by atoms with Gasteiger partial charge in [-0.3, -0.25) is 9.59 Å². The summed E-state index contributed by atoms with van der Waals surface area (Å²) >= 11 is 1.39. The molecular weight excluding hydrogens is 263 g/mol. The molecule has 0 aromatic heterocycles. The molecule has 1 unspecified atom stereocenters. The number of hydrogen-bond donors (Lipinski definition) is 0. The molecule has 0 saturated heterocycles. The van der Waals surface area contributed by atoms with Gasteiger partial charge < -0.3 is 9.53 Å². The minimum absolute atomic E-state index is 0.174. The van der Waals surface area contributed by atoms with Crippen LogP contribution in [-0.4, -0.2) is 22.7 Å². The van der Waals surface area contributed by atoms with Crippen molar-refractivity contribution in [2.75, 3.05) is 6.61 Å². The van der Waals surface area contributed by atoms with Gasteiger partial charge in [-0.05, 0) is 6.92 Å². The van der Waals surface area contributed by atoms with Crippen LogP contribution in [0.4, 0.5) is 0 Å². The zero-order chi connectivity index (χ0) is 8.85. The Labute approximate surface area is 77.4 Å². The van der Waals surface area contributed by atoms with E-state index in [1.165, 1.54) is 22.6 Å². The highest BCUT2D eigenvalue weighted by molar-refractivity contribution is 14.1. The van der Waals surface area contributed by atoms with Crippen LogP contribution in [0.25, 0.3) is 0 Å². The molecule has 0 radical (unpaired) electrons. The van der Waals surface area contributed by atoms with E-state index in [1.54, 1.807) is 6.92 Å². The van der Waals surface area contributed by atoms with Crippen molar-refractivity contribution in [3.63, 3.8) is 0 Å². The van der Waals surface area contributed by atoms with Gasteiger partial charge in [-0.2, -0.15) is 0 Å². The third kappa shape index (κ3) is 3.45. The average Bonchev–Trinajstić information content (AvgIpc) is 1.88. The monoisotopic (exact) mass is 270 g/mol. The van der Waals surface area contributed by atoms with E-state index < -0.39 is 15.7 Å². The number of aldehydes is 1. The van der Waals surface area contributed by atoms with Crippen LogP contribution in [0.1, 0.15) is 6.92 Å². The number of ether oxygens (including phenoxy) is 1. The summed E-state index contributed by atoms with van der Waals surface area (Å²) in [4.78, 5) is 31.4. The van der Waals surface area contributed by atoms with E-state index in [0.29, 0.717) is 0 Å². The number of rotatable bonds is 4. The van der Waals surface area contributed by atoms with Crippen LogP contribution in [0.3, 0.4) is 0 Å². The lowest BCUT2D eigenvalue weighted by Gasteiger charge is -2.03. The fourth-order valence-corrected chi connectivity index (χ4v) is 0.835. The Morgan fingerprint density at radius 2 is 2.18 bits per heavy atom. The van der Waals surface area contributed by atoms with E-state index in [2.05, 4.69) is 4.74 Å². The Hall–Kier alpha value is -0.460. The van der Waals surface area contributed by atoms with Gasteiger partial charge in [0.2, 0.25) is 3.79 Å². The molecule has 0 fully saturated rings. The van der Waals surface area contributed by atoms with Crippen LogP contribution >= 0.6 is 22.6 Å². The van der Waals surface area contributed by atoms with Crippen molar-refractivity contribution in [1.29, 1.82) is 0 Å². The summed E-state index contributed by atoms with van der Waals surface area (Å²) in [6.45, 7) is 1.78. The highest BCUT2D eigenvalue weighted by atomic mass is 127. The summed E-state index contributed by atoms with van der Waals surface area (Å²) in [5.74, 6) is -2.03. The van der Waals surface area contributed by atoms with E-state index in [-0.39, 0.29) is 12.9 Å². The van der Waals surface area contributed by atoms with Crippen molar-refractivity contribution >= 4 is 38.6 Å². The number of carbonyl (C=O) groups is 3. The smallest absolute Gasteiger partial charge is 0.324 e. The second kappa shape index (κ2) is 5.22. The summed E-state index contributed by atoms with van der Waals surface area (Å²) < 4.78 is 3.94. The van der Waals surface area contributed by atoms with Crippen molar-refractivity contribution in [3.8, 4) is 0 Å². The molecular formula is C6H7IO4. The van der Waals surface area contributed by atoms with Crippen LogP contribution in [0.2, 0.25) is 0 Å². The Balaban J connectivity index is 4.14. The summed E-state index contributed by atoms with van der Waals surface area (Å²) in [5.41, 5.74) is 0. The average molecular weight is 270 g/mol. The summed E-state index contributed by atoms with van der Waals surface area (Å²) in [7, 11) is 0. The van der Waals surface area contributed by atoms with Crippen LogP contribution in [0.15, 0.2) is 0 Å². The second-order valence-corrected chi connectivity index (χ2v) is 2.73. The van der Waals surface area contributed by atoms with E-state index in [1.807, 2.05) is 0 Å². The summed E-state index contributed by atoms with van der Waals surface area (Å²) in [6.07, 6.45) is 0.284. The molecule has 0 rings (SSSR count). The predicted molar refractivity (Wildman–Crippen MR) is 45.2 cm³/mol. The highest BCUT2D eigenvalue weighted by Crippen LogP contribution is 2.03. The molecule has 0 aliphatic carbocycles. The first-order valence-corrected chi connectivity index (χ1v) is 4.02. The van der Waals surface area contributed by atoms with Gasteiger partial charge in [0, 0.05) is 22.6 Å². The van der Waals surface area contributed by atoms with E-state index in [0.717, 1.165) is 0 Å². The van der Waals surface area contributed by atoms with Crippen LogP contribution in [-0.2, 0) is 19.1 Å². The van der Waals surface area contributed by atoms with Crippen molar-refractivity contribution in [2.24, 2.45) is 5.92 Å². The maximum Gasteiger partial charge on any atom is 0.324 e. The van der Waals surface area contributed by atoms with Crippen LogP contribution in [0, 0.1) is 5.92 Å². The standard InChI is InChI=1S/C6H7IO4/c1-2-11-6(10)4(3-8)5(7)9/h3-4H,2H2,1H3. The molecule has 0 heterocycles. The number of halogens is 1. The van der Waals surface area contributed by atoms with E-state index >= 15 is 0 Å². The molecule has 0 saturated carbocycles. The minimum Gasteiger partial charge on any atom is -0.465 e. The van der Waals surface area contributed by atoms with Gasteiger partial charge in [-0.15, -0.1) is 0 Å². The molecule has 0 amide bonds. The quantitative estimate of drug-likeness (QED) is 0.243. The Morgan fingerprint density at radius 1 is 1.64 bits per heavy atom. The molecule has 1 atom stereocenters. The maximum absolute atomic E-state index is 10.7. The molecule has 4 nitrogen and oxygen atoms in total. The van der Waals surface area contributed by atoms with Crippen molar-refractivity contribution in [3.05, 3.63) is 0 Å². The fourth-order valence-electron chi connectivity index (χ4n) is 0.434. The molecule has 0 N–H and O–H groups in total. The predicted octanol–water partition coefficient (Wildman–Crippen LogP) is 0.326. The van der Waals surface area contributed by atoms with E-state index in [9.17, 15) is 14.4 Å². The first kappa shape index (κ1) is 10.5. The molecule has 11 heavy (non-hydrogen) atoms. The summed E-state index contributed by atoms with van der Waals surface area (Å²) in [5, 5.41) is 0. The first-order chi connectivity index (χ1) is 5.13. The SMILES string of the molecule is CCOC(=O)C(C=O)C(=O)I. The number of carbonyl (C=O) groups excluding carboxylic acids is 3. The van der Waals surface area contributed by atoms with E-state index in [4.69, 9.17) is 0 Å². The van der Waals surface area contributed by atoms with Gasteiger partial charge in [-0.25, -0.2) is 0 Å². The largest absolute Gasteiger partial charge is 0.465 e. The lowest BCUT2D eigenvalue weighted by molar-refractivity contribution is -0.150. The van der Waals surface area contributed by atoms with Crippen LogP contribution < -0.4 is 0 Å². The van der Waals surface area contributed by atoms with Gasteiger partial charge in [0.25, 0.3) is 0 Å². The Bertz CT molecular complexity index is 177. The number of hydrogen-bond acceptors (Lipinski definition) is 4. The lowest BCUT2D eigenvalue weighted by Crippen LogP contribution is -2.23. The zero-order valence-electron chi connectivity index (χ0n) is 5.87. The molecule has 0 spiro atoms. The van der Waals surface area contributed by atoms with Gasteiger partial charge >= 0.3 is 5.97 Å².